The van der Waals surface area contributed by atoms with E-state index in [9.17, 15) is 0 Å². The van der Waals surface area contributed by atoms with Gasteiger partial charge in [0.2, 0.25) is 0 Å². The Hall–Kier alpha value is -5.35. The molecule has 8 aromatic rings. The van der Waals surface area contributed by atoms with Crippen LogP contribution in [0.25, 0.3) is 71.9 Å². The summed E-state index contributed by atoms with van der Waals surface area (Å²) in [5.74, 6) is 0.931. The lowest BCUT2D eigenvalue weighted by Gasteiger charge is -2.11. The third kappa shape index (κ3) is 3.50. The summed E-state index contributed by atoms with van der Waals surface area (Å²) in [5, 5.41) is 4.50. The van der Waals surface area contributed by atoms with Gasteiger partial charge in [0.25, 0.3) is 0 Å². The van der Waals surface area contributed by atoms with E-state index in [1.807, 2.05) is 24.4 Å². The highest BCUT2D eigenvalue weighted by molar-refractivity contribution is 6.14. The zero-order valence-electron chi connectivity index (χ0n) is 21.0. The van der Waals surface area contributed by atoms with Crippen molar-refractivity contribution in [3.63, 3.8) is 0 Å². The number of benzene rings is 5. The third-order valence-corrected chi connectivity index (χ3v) is 7.44. The molecule has 0 aliphatic carbocycles. The maximum atomic E-state index is 5.14. The number of aromatic nitrogens is 4. The fraction of sp³-hybridized carbons (Fsp3) is 0. The number of rotatable bonds is 3. The van der Waals surface area contributed by atoms with Crippen LogP contribution in [0, 0.1) is 0 Å². The molecule has 4 heteroatoms. The Balaban J connectivity index is 1.26. The second-order valence-corrected chi connectivity index (χ2v) is 9.74. The molecule has 0 aliphatic rings. The van der Waals surface area contributed by atoms with E-state index in [1.165, 1.54) is 0 Å². The first-order chi connectivity index (χ1) is 19.3. The van der Waals surface area contributed by atoms with E-state index in [4.69, 9.17) is 9.97 Å². The van der Waals surface area contributed by atoms with Crippen LogP contribution in [0.5, 0.6) is 0 Å². The summed E-state index contributed by atoms with van der Waals surface area (Å²) in [6.07, 6.45) is 1.85. The number of fused-ring (bicyclic) bond motifs is 6. The van der Waals surface area contributed by atoms with Gasteiger partial charge in [-0.3, -0.25) is 9.55 Å². The predicted molar refractivity (Wildman–Crippen MR) is 160 cm³/mol. The molecule has 5 aromatic carbocycles. The van der Waals surface area contributed by atoms with Crippen LogP contribution < -0.4 is 0 Å². The Morgan fingerprint density at radius 1 is 0.487 bits per heavy atom. The standard InChI is InChI=1S/C35H22N4/c1-2-7-26(8-3-1)35-38-31-10-4-5-11-32(31)39(35)27-17-12-23(13-18-27)30-21-16-25-15-19-28-29(34(25)37-30)20-14-24-9-6-22-36-33(24)28/h1-22H. The van der Waals surface area contributed by atoms with E-state index in [1.54, 1.807) is 0 Å². The van der Waals surface area contributed by atoms with Crippen molar-refractivity contribution in [3.05, 3.63) is 134 Å². The quantitative estimate of drug-likeness (QED) is 0.229. The first kappa shape index (κ1) is 21.7. The van der Waals surface area contributed by atoms with Gasteiger partial charge in [-0.15, -0.1) is 0 Å². The van der Waals surface area contributed by atoms with Gasteiger partial charge >= 0.3 is 0 Å². The van der Waals surface area contributed by atoms with Gasteiger partial charge in [0.05, 0.1) is 27.8 Å². The van der Waals surface area contributed by atoms with E-state index < -0.39 is 0 Å². The Morgan fingerprint density at radius 3 is 2.05 bits per heavy atom. The molecular formula is C35H22N4. The average molecular weight is 499 g/mol. The van der Waals surface area contributed by atoms with Crippen LogP contribution >= 0.6 is 0 Å². The smallest absolute Gasteiger partial charge is 0.145 e. The summed E-state index contributed by atoms with van der Waals surface area (Å²) in [7, 11) is 0. The molecule has 4 nitrogen and oxygen atoms in total. The molecule has 39 heavy (non-hydrogen) atoms. The fourth-order valence-electron chi connectivity index (χ4n) is 5.55. The third-order valence-electron chi connectivity index (χ3n) is 7.44. The summed E-state index contributed by atoms with van der Waals surface area (Å²) >= 11 is 0. The molecule has 0 saturated carbocycles. The number of hydrogen-bond donors (Lipinski definition) is 0. The van der Waals surface area contributed by atoms with Crippen molar-refractivity contribution < 1.29 is 0 Å². The molecule has 0 N–H and O–H groups in total. The van der Waals surface area contributed by atoms with Crippen LogP contribution in [0.1, 0.15) is 0 Å². The second kappa shape index (κ2) is 8.61. The maximum absolute atomic E-state index is 5.14. The van der Waals surface area contributed by atoms with Crippen LogP contribution in [0.4, 0.5) is 0 Å². The number of hydrogen-bond acceptors (Lipinski definition) is 3. The highest BCUT2D eigenvalue weighted by Gasteiger charge is 2.14. The van der Waals surface area contributed by atoms with Gasteiger partial charge in [-0.2, -0.15) is 0 Å². The second-order valence-electron chi connectivity index (χ2n) is 9.74. The number of imidazole rings is 1. The van der Waals surface area contributed by atoms with Crippen molar-refractivity contribution in [1.29, 1.82) is 0 Å². The monoisotopic (exact) mass is 498 g/mol. The van der Waals surface area contributed by atoms with Crippen LogP contribution in [0.3, 0.4) is 0 Å². The Bertz CT molecular complexity index is 2160. The van der Waals surface area contributed by atoms with Crippen molar-refractivity contribution >= 4 is 43.6 Å². The van der Waals surface area contributed by atoms with E-state index in [-0.39, 0.29) is 0 Å². The van der Waals surface area contributed by atoms with Crippen LogP contribution in [-0.4, -0.2) is 19.5 Å². The van der Waals surface area contributed by atoms with Crippen molar-refractivity contribution in [1.82, 2.24) is 19.5 Å². The lowest BCUT2D eigenvalue weighted by Crippen LogP contribution is -1.97. The van der Waals surface area contributed by atoms with Gasteiger partial charge in [-0.25, -0.2) is 9.97 Å². The van der Waals surface area contributed by atoms with E-state index in [0.717, 1.165) is 71.9 Å². The van der Waals surface area contributed by atoms with Crippen molar-refractivity contribution in [3.8, 4) is 28.3 Å². The fourth-order valence-corrected chi connectivity index (χ4v) is 5.55. The molecule has 0 atom stereocenters. The zero-order chi connectivity index (χ0) is 25.8. The topological polar surface area (TPSA) is 43.6 Å². The van der Waals surface area contributed by atoms with Crippen molar-refractivity contribution in [2.45, 2.75) is 0 Å². The molecule has 0 bridgehead atoms. The van der Waals surface area contributed by atoms with Crippen molar-refractivity contribution in [2.24, 2.45) is 0 Å². The Labute approximate surface area is 224 Å². The summed E-state index contributed by atoms with van der Waals surface area (Å²) in [6, 6.07) is 44.2. The number of pyridine rings is 2. The molecular weight excluding hydrogens is 476 g/mol. The minimum atomic E-state index is 0.931. The molecule has 3 aromatic heterocycles. The average Bonchev–Trinajstić information content (AvgIpc) is 3.41. The molecule has 0 amide bonds. The van der Waals surface area contributed by atoms with Gasteiger partial charge < -0.3 is 0 Å². The van der Waals surface area contributed by atoms with E-state index >= 15 is 0 Å². The van der Waals surface area contributed by atoms with Crippen molar-refractivity contribution in [2.75, 3.05) is 0 Å². The highest BCUT2D eigenvalue weighted by Crippen LogP contribution is 2.32. The van der Waals surface area contributed by atoms with E-state index in [0.29, 0.717) is 0 Å². The van der Waals surface area contributed by atoms with E-state index in [2.05, 4.69) is 119 Å². The molecule has 0 radical (unpaired) electrons. The number of nitrogens with zero attached hydrogens (tertiary/aromatic N) is 4. The Kier molecular flexibility index (Phi) is 4.79. The highest BCUT2D eigenvalue weighted by atomic mass is 15.1. The minimum Gasteiger partial charge on any atom is -0.292 e. The van der Waals surface area contributed by atoms with Crippen LogP contribution in [0.2, 0.25) is 0 Å². The molecule has 0 fully saturated rings. The molecule has 182 valence electrons. The Morgan fingerprint density at radius 2 is 1.21 bits per heavy atom. The molecule has 3 heterocycles. The summed E-state index contributed by atoms with van der Waals surface area (Å²) < 4.78 is 2.23. The normalized spacial score (nSPS) is 11.6. The summed E-state index contributed by atoms with van der Waals surface area (Å²) in [4.78, 5) is 14.8. The van der Waals surface area contributed by atoms with Gasteiger partial charge in [0.1, 0.15) is 5.82 Å². The molecule has 0 spiro atoms. The van der Waals surface area contributed by atoms with Gasteiger partial charge in [0.15, 0.2) is 0 Å². The summed E-state index contributed by atoms with van der Waals surface area (Å²) in [5.41, 5.74) is 8.23. The predicted octanol–water partition coefficient (Wildman–Crippen LogP) is 8.61. The first-order valence-electron chi connectivity index (χ1n) is 13.0. The lowest BCUT2D eigenvalue weighted by atomic mass is 10.0. The van der Waals surface area contributed by atoms with Gasteiger partial charge in [-0.05, 0) is 36.4 Å². The lowest BCUT2D eigenvalue weighted by molar-refractivity contribution is 1.10. The van der Waals surface area contributed by atoms with Crippen LogP contribution in [0.15, 0.2) is 134 Å². The van der Waals surface area contributed by atoms with Gasteiger partial charge in [-0.1, -0.05) is 91.0 Å². The maximum Gasteiger partial charge on any atom is 0.145 e. The molecule has 0 saturated heterocycles. The number of para-hydroxylation sites is 2. The SMILES string of the molecule is c1ccc(-c2nc3ccccc3n2-c2ccc(-c3ccc4ccc5c(ccc6cccnc65)c4n3)cc2)cc1. The zero-order valence-corrected chi connectivity index (χ0v) is 21.0. The van der Waals surface area contributed by atoms with Crippen LogP contribution in [-0.2, 0) is 0 Å². The van der Waals surface area contributed by atoms with Gasteiger partial charge in [0, 0.05) is 44.6 Å². The molecule has 0 aliphatic heterocycles. The first-order valence-corrected chi connectivity index (χ1v) is 13.0. The largest absolute Gasteiger partial charge is 0.292 e. The molecule has 0 unspecified atom stereocenters. The molecule has 8 rings (SSSR count). The summed E-state index contributed by atoms with van der Waals surface area (Å²) in [6.45, 7) is 0. The minimum absolute atomic E-state index is 0.931.